The van der Waals surface area contributed by atoms with E-state index in [9.17, 15) is 4.79 Å². The summed E-state index contributed by atoms with van der Waals surface area (Å²) >= 11 is 0. The van der Waals surface area contributed by atoms with Crippen LogP contribution in [0.3, 0.4) is 0 Å². The maximum absolute atomic E-state index is 12.7. The normalized spacial score (nSPS) is 24.7. The third kappa shape index (κ3) is 3.62. The van der Waals surface area contributed by atoms with E-state index in [0.29, 0.717) is 6.42 Å². The van der Waals surface area contributed by atoms with E-state index in [1.165, 1.54) is 5.56 Å². The number of hydrogen-bond acceptors (Lipinski definition) is 2. The highest BCUT2D eigenvalue weighted by Gasteiger charge is 2.43. The molecule has 1 amide bonds. The summed E-state index contributed by atoms with van der Waals surface area (Å²) in [6.07, 6.45) is 3.38. The summed E-state index contributed by atoms with van der Waals surface area (Å²) in [5.74, 6) is 0.132. The summed E-state index contributed by atoms with van der Waals surface area (Å²) in [6.45, 7) is 0.720. The van der Waals surface area contributed by atoms with Gasteiger partial charge in [0.15, 0.2) is 0 Å². The summed E-state index contributed by atoms with van der Waals surface area (Å²) in [5.41, 5.74) is 8.22. The van der Waals surface area contributed by atoms with Gasteiger partial charge in [0.2, 0.25) is 5.91 Å². The maximum Gasteiger partial charge on any atom is 0.240 e. The number of carbonyl (C=O) groups is 1. The lowest BCUT2D eigenvalue weighted by Crippen LogP contribution is -2.59. The zero-order chi connectivity index (χ0) is 16.1. The zero-order valence-corrected chi connectivity index (χ0v) is 13.4. The highest BCUT2D eigenvalue weighted by molar-refractivity contribution is 5.87. The van der Waals surface area contributed by atoms with Gasteiger partial charge in [0.1, 0.15) is 5.54 Å². The first-order valence-corrected chi connectivity index (χ1v) is 8.33. The van der Waals surface area contributed by atoms with Gasteiger partial charge < -0.3 is 11.1 Å². The lowest BCUT2D eigenvalue weighted by Gasteiger charge is -2.34. The first-order chi connectivity index (χ1) is 11.2. The molecule has 0 aromatic heterocycles. The van der Waals surface area contributed by atoms with Crippen molar-refractivity contribution in [1.82, 2.24) is 5.32 Å². The molecule has 120 valence electrons. The number of nitrogens with one attached hydrogen (secondary N) is 1. The average molecular weight is 308 g/mol. The smallest absolute Gasteiger partial charge is 0.240 e. The van der Waals surface area contributed by atoms with Crippen molar-refractivity contribution in [2.75, 3.05) is 6.54 Å². The SMILES string of the molecule is NC1(Cc2ccccc2)C(=O)NCCCC1Cc1ccccc1. The van der Waals surface area contributed by atoms with Crippen molar-refractivity contribution < 1.29 is 4.79 Å². The zero-order valence-electron chi connectivity index (χ0n) is 13.4. The van der Waals surface area contributed by atoms with Crippen LogP contribution in [0.2, 0.25) is 0 Å². The molecule has 2 aromatic rings. The molecule has 3 nitrogen and oxygen atoms in total. The van der Waals surface area contributed by atoms with Gasteiger partial charge in [0.05, 0.1) is 0 Å². The third-order valence-corrected chi connectivity index (χ3v) is 4.83. The van der Waals surface area contributed by atoms with Gasteiger partial charge >= 0.3 is 0 Å². The minimum absolute atomic E-state index is 0.0141. The van der Waals surface area contributed by atoms with Crippen LogP contribution < -0.4 is 11.1 Å². The standard InChI is InChI=1S/C20H24N2O/c21-20(15-17-10-5-2-6-11-17)18(12-7-13-22-19(20)23)14-16-8-3-1-4-9-16/h1-6,8-11,18H,7,12-15,21H2,(H,22,23). The molecule has 2 aromatic carbocycles. The van der Waals surface area contributed by atoms with Gasteiger partial charge in [-0.3, -0.25) is 4.79 Å². The first-order valence-electron chi connectivity index (χ1n) is 8.33. The average Bonchev–Trinajstić information content (AvgIpc) is 2.71. The molecule has 1 heterocycles. The topological polar surface area (TPSA) is 55.1 Å². The molecule has 1 saturated heterocycles. The number of rotatable bonds is 4. The van der Waals surface area contributed by atoms with Crippen LogP contribution in [0.15, 0.2) is 60.7 Å². The Morgan fingerprint density at radius 2 is 1.61 bits per heavy atom. The number of benzene rings is 2. The molecule has 2 unspecified atom stereocenters. The second-order valence-corrected chi connectivity index (χ2v) is 6.49. The van der Waals surface area contributed by atoms with Crippen LogP contribution in [0.4, 0.5) is 0 Å². The Balaban J connectivity index is 1.88. The highest BCUT2D eigenvalue weighted by Crippen LogP contribution is 2.30. The van der Waals surface area contributed by atoms with E-state index in [2.05, 4.69) is 17.4 Å². The Bertz CT molecular complexity index is 641. The van der Waals surface area contributed by atoms with Gasteiger partial charge in [-0.15, -0.1) is 0 Å². The Labute approximate surface area is 137 Å². The monoisotopic (exact) mass is 308 g/mol. The van der Waals surface area contributed by atoms with E-state index in [4.69, 9.17) is 5.73 Å². The molecular formula is C20H24N2O. The van der Waals surface area contributed by atoms with Crippen LogP contribution in [-0.2, 0) is 17.6 Å². The molecule has 0 spiro atoms. The number of carbonyl (C=O) groups excluding carboxylic acids is 1. The fraction of sp³-hybridized carbons (Fsp3) is 0.350. The van der Waals surface area contributed by atoms with Gasteiger partial charge in [-0.05, 0) is 42.7 Å². The van der Waals surface area contributed by atoms with Crippen LogP contribution in [0.1, 0.15) is 24.0 Å². The Morgan fingerprint density at radius 1 is 1.00 bits per heavy atom. The second kappa shape index (κ2) is 6.97. The fourth-order valence-corrected chi connectivity index (χ4v) is 3.50. The molecule has 0 saturated carbocycles. The molecule has 0 bridgehead atoms. The summed E-state index contributed by atoms with van der Waals surface area (Å²) in [5, 5.41) is 3.01. The molecule has 1 fully saturated rings. The largest absolute Gasteiger partial charge is 0.354 e. The van der Waals surface area contributed by atoms with Gasteiger partial charge in [0.25, 0.3) is 0 Å². The van der Waals surface area contributed by atoms with Crippen molar-refractivity contribution in [2.24, 2.45) is 11.7 Å². The number of nitrogens with two attached hydrogens (primary N) is 1. The number of hydrogen-bond donors (Lipinski definition) is 2. The van der Waals surface area contributed by atoms with Gasteiger partial charge in [-0.2, -0.15) is 0 Å². The predicted octanol–water partition coefficient (Wildman–Crippen LogP) is 2.70. The molecule has 1 aliphatic heterocycles. The van der Waals surface area contributed by atoms with Crippen molar-refractivity contribution >= 4 is 5.91 Å². The van der Waals surface area contributed by atoms with Gasteiger partial charge in [0, 0.05) is 6.54 Å². The predicted molar refractivity (Wildman–Crippen MR) is 92.9 cm³/mol. The van der Waals surface area contributed by atoms with Crippen molar-refractivity contribution in [3.8, 4) is 0 Å². The molecule has 2 atom stereocenters. The summed E-state index contributed by atoms with van der Waals surface area (Å²) in [4.78, 5) is 12.7. The summed E-state index contributed by atoms with van der Waals surface area (Å²) in [6, 6.07) is 20.4. The molecule has 3 rings (SSSR count). The Morgan fingerprint density at radius 3 is 2.26 bits per heavy atom. The van der Waals surface area contributed by atoms with Crippen LogP contribution in [0.5, 0.6) is 0 Å². The van der Waals surface area contributed by atoms with Crippen molar-refractivity contribution in [3.63, 3.8) is 0 Å². The van der Waals surface area contributed by atoms with E-state index in [1.807, 2.05) is 48.5 Å². The molecule has 3 N–H and O–H groups in total. The Hall–Kier alpha value is -2.13. The van der Waals surface area contributed by atoms with E-state index >= 15 is 0 Å². The van der Waals surface area contributed by atoms with E-state index in [0.717, 1.165) is 31.4 Å². The molecule has 3 heteroatoms. The molecule has 1 aliphatic rings. The lowest BCUT2D eigenvalue weighted by atomic mass is 9.74. The lowest BCUT2D eigenvalue weighted by molar-refractivity contribution is -0.127. The fourth-order valence-electron chi connectivity index (χ4n) is 3.50. The molecule has 23 heavy (non-hydrogen) atoms. The Kier molecular flexibility index (Phi) is 4.77. The quantitative estimate of drug-likeness (QED) is 0.912. The molecule has 0 aliphatic carbocycles. The van der Waals surface area contributed by atoms with Crippen LogP contribution in [0.25, 0.3) is 0 Å². The van der Waals surface area contributed by atoms with Crippen LogP contribution in [-0.4, -0.2) is 18.0 Å². The maximum atomic E-state index is 12.7. The third-order valence-electron chi connectivity index (χ3n) is 4.83. The van der Waals surface area contributed by atoms with E-state index in [1.54, 1.807) is 0 Å². The second-order valence-electron chi connectivity index (χ2n) is 6.49. The summed E-state index contributed by atoms with van der Waals surface area (Å²) in [7, 11) is 0. The van der Waals surface area contributed by atoms with Crippen molar-refractivity contribution in [1.29, 1.82) is 0 Å². The molecule has 0 radical (unpaired) electrons. The minimum atomic E-state index is -0.853. The van der Waals surface area contributed by atoms with Gasteiger partial charge in [-0.1, -0.05) is 60.7 Å². The van der Waals surface area contributed by atoms with E-state index in [-0.39, 0.29) is 11.8 Å². The van der Waals surface area contributed by atoms with Gasteiger partial charge in [-0.25, -0.2) is 0 Å². The first kappa shape index (κ1) is 15.8. The summed E-state index contributed by atoms with van der Waals surface area (Å²) < 4.78 is 0. The van der Waals surface area contributed by atoms with Crippen LogP contribution >= 0.6 is 0 Å². The number of amides is 1. The van der Waals surface area contributed by atoms with E-state index < -0.39 is 5.54 Å². The minimum Gasteiger partial charge on any atom is -0.354 e. The van der Waals surface area contributed by atoms with Crippen molar-refractivity contribution in [3.05, 3.63) is 71.8 Å². The van der Waals surface area contributed by atoms with Crippen molar-refractivity contribution in [2.45, 2.75) is 31.2 Å². The highest BCUT2D eigenvalue weighted by atomic mass is 16.2. The van der Waals surface area contributed by atoms with Crippen LogP contribution in [0, 0.1) is 5.92 Å². The molecular weight excluding hydrogens is 284 g/mol.